The van der Waals surface area contributed by atoms with Gasteiger partial charge in [0, 0.05) is 13.1 Å². The minimum Gasteiger partial charge on any atom is -0.478 e. The van der Waals surface area contributed by atoms with Crippen LogP contribution in [0.1, 0.15) is 31.8 Å². The molecular weight excluding hydrogens is 198 g/mol. The number of rotatable bonds is 2. The molecule has 0 amide bonds. The maximum atomic E-state index is 11.0. The van der Waals surface area contributed by atoms with Gasteiger partial charge in [0.2, 0.25) is 0 Å². The smallest absolute Gasteiger partial charge is 0.336 e. The molecule has 5 heteroatoms. The van der Waals surface area contributed by atoms with Gasteiger partial charge in [0.05, 0.1) is 11.1 Å². The van der Waals surface area contributed by atoms with E-state index in [1.807, 2.05) is 0 Å². The zero-order valence-electron chi connectivity index (χ0n) is 7.78. The van der Waals surface area contributed by atoms with Crippen molar-refractivity contribution in [3.63, 3.8) is 0 Å². The molecule has 0 saturated heterocycles. The molecular formula is C10H9NO4. The van der Waals surface area contributed by atoms with Crippen LogP contribution in [0, 0.1) is 0 Å². The van der Waals surface area contributed by atoms with E-state index in [4.69, 9.17) is 10.2 Å². The molecule has 0 aliphatic carbocycles. The van der Waals surface area contributed by atoms with Gasteiger partial charge in [-0.25, -0.2) is 9.59 Å². The molecule has 15 heavy (non-hydrogen) atoms. The normalized spacial score (nSPS) is 13.6. The number of carbonyl (C=O) groups is 2. The van der Waals surface area contributed by atoms with Gasteiger partial charge in [0.25, 0.3) is 0 Å². The first kappa shape index (κ1) is 9.67. The van der Waals surface area contributed by atoms with Crippen LogP contribution in [-0.4, -0.2) is 22.2 Å². The summed E-state index contributed by atoms with van der Waals surface area (Å²) in [5.74, 6) is -2.39. The number of hydrogen-bond donors (Lipinski definition) is 3. The van der Waals surface area contributed by atoms with Crippen molar-refractivity contribution in [1.29, 1.82) is 0 Å². The average Bonchev–Trinajstić information content (AvgIpc) is 2.62. The Balaban J connectivity index is 2.69. The Labute approximate surface area is 85.3 Å². The standard InChI is InChI=1S/C10H9NO4/c12-9(13)6-2-1-5-3-11-4-7(5)8(6)10(14)15/h1-2,11H,3-4H2,(H,12,13)(H,14,15). The van der Waals surface area contributed by atoms with E-state index in [1.54, 1.807) is 6.07 Å². The Morgan fingerprint density at radius 1 is 1.13 bits per heavy atom. The molecule has 5 nitrogen and oxygen atoms in total. The van der Waals surface area contributed by atoms with E-state index in [0.29, 0.717) is 18.7 Å². The van der Waals surface area contributed by atoms with E-state index in [1.165, 1.54) is 6.07 Å². The van der Waals surface area contributed by atoms with Crippen molar-refractivity contribution in [2.75, 3.05) is 0 Å². The number of hydrogen-bond acceptors (Lipinski definition) is 3. The second-order valence-electron chi connectivity index (χ2n) is 3.34. The Bertz CT molecular complexity index is 453. The third-order valence-electron chi connectivity index (χ3n) is 2.47. The summed E-state index contributed by atoms with van der Waals surface area (Å²) < 4.78 is 0. The van der Waals surface area contributed by atoms with E-state index < -0.39 is 11.9 Å². The molecule has 0 fully saturated rings. The van der Waals surface area contributed by atoms with Crippen molar-refractivity contribution in [2.45, 2.75) is 13.1 Å². The molecule has 0 aromatic heterocycles. The molecule has 1 aromatic rings. The Morgan fingerprint density at radius 2 is 1.87 bits per heavy atom. The first-order valence-electron chi connectivity index (χ1n) is 4.43. The maximum Gasteiger partial charge on any atom is 0.336 e. The zero-order chi connectivity index (χ0) is 11.0. The summed E-state index contributed by atoms with van der Waals surface area (Å²) in [6, 6.07) is 3.00. The average molecular weight is 207 g/mol. The monoisotopic (exact) mass is 207 g/mol. The molecule has 3 N–H and O–H groups in total. The van der Waals surface area contributed by atoms with Crippen LogP contribution in [0.2, 0.25) is 0 Å². The van der Waals surface area contributed by atoms with Gasteiger partial charge in [-0.1, -0.05) is 6.07 Å². The predicted molar refractivity (Wildman–Crippen MR) is 50.9 cm³/mol. The number of carboxylic acids is 2. The van der Waals surface area contributed by atoms with Crippen molar-refractivity contribution in [2.24, 2.45) is 0 Å². The van der Waals surface area contributed by atoms with Crippen LogP contribution in [0.15, 0.2) is 12.1 Å². The van der Waals surface area contributed by atoms with Crippen LogP contribution >= 0.6 is 0 Å². The Morgan fingerprint density at radius 3 is 2.47 bits per heavy atom. The van der Waals surface area contributed by atoms with Crippen LogP contribution < -0.4 is 5.32 Å². The molecule has 0 unspecified atom stereocenters. The highest BCUT2D eigenvalue weighted by molar-refractivity contribution is 6.03. The van der Waals surface area contributed by atoms with Crippen molar-refractivity contribution < 1.29 is 19.8 Å². The fourth-order valence-corrected chi connectivity index (χ4v) is 1.80. The van der Waals surface area contributed by atoms with Gasteiger partial charge in [-0.15, -0.1) is 0 Å². The van der Waals surface area contributed by atoms with E-state index in [-0.39, 0.29) is 11.1 Å². The van der Waals surface area contributed by atoms with Crippen LogP contribution in [0.4, 0.5) is 0 Å². The Kier molecular flexibility index (Phi) is 2.17. The predicted octanol–water partition coefficient (Wildman–Crippen LogP) is 0.686. The molecule has 1 aromatic carbocycles. The summed E-state index contributed by atoms with van der Waals surface area (Å²) >= 11 is 0. The van der Waals surface area contributed by atoms with Crippen LogP contribution in [-0.2, 0) is 13.1 Å². The second-order valence-corrected chi connectivity index (χ2v) is 3.34. The SMILES string of the molecule is O=C(O)c1ccc2c(c1C(=O)O)CNC2. The molecule has 78 valence electrons. The van der Waals surface area contributed by atoms with Gasteiger partial charge >= 0.3 is 11.9 Å². The van der Waals surface area contributed by atoms with Crippen LogP contribution in [0.25, 0.3) is 0 Å². The number of benzene rings is 1. The maximum absolute atomic E-state index is 11.0. The molecule has 0 spiro atoms. The lowest BCUT2D eigenvalue weighted by molar-refractivity contribution is 0.0650. The van der Waals surface area contributed by atoms with Gasteiger partial charge in [-0.2, -0.15) is 0 Å². The zero-order valence-corrected chi connectivity index (χ0v) is 7.78. The minimum atomic E-state index is -1.21. The molecule has 0 radical (unpaired) electrons. The number of fused-ring (bicyclic) bond motifs is 1. The largest absolute Gasteiger partial charge is 0.478 e. The second kappa shape index (κ2) is 3.36. The van der Waals surface area contributed by atoms with Crippen molar-refractivity contribution in [1.82, 2.24) is 5.32 Å². The summed E-state index contributed by atoms with van der Waals surface area (Å²) in [6.45, 7) is 1.01. The van der Waals surface area contributed by atoms with Crippen LogP contribution in [0.3, 0.4) is 0 Å². The fourth-order valence-electron chi connectivity index (χ4n) is 1.80. The highest BCUT2D eigenvalue weighted by atomic mass is 16.4. The fraction of sp³-hybridized carbons (Fsp3) is 0.200. The van der Waals surface area contributed by atoms with Gasteiger partial charge in [-0.05, 0) is 17.2 Å². The van der Waals surface area contributed by atoms with Crippen molar-refractivity contribution in [3.05, 3.63) is 34.4 Å². The van der Waals surface area contributed by atoms with E-state index in [2.05, 4.69) is 5.32 Å². The highest BCUT2D eigenvalue weighted by Crippen LogP contribution is 2.23. The summed E-state index contributed by atoms with van der Waals surface area (Å²) in [7, 11) is 0. The summed E-state index contributed by atoms with van der Waals surface area (Å²) in [6.07, 6.45) is 0. The van der Waals surface area contributed by atoms with Crippen molar-refractivity contribution >= 4 is 11.9 Å². The lowest BCUT2D eigenvalue weighted by atomic mass is 9.98. The minimum absolute atomic E-state index is 0.0926. The lowest BCUT2D eigenvalue weighted by Crippen LogP contribution is -2.12. The van der Waals surface area contributed by atoms with Gasteiger partial charge in [-0.3, -0.25) is 0 Å². The molecule has 2 rings (SSSR count). The lowest BCUT2D eigenvalue weighted by Gasteiger charge is -2.06. The molecule has 0 saturated carbocycles. The first-order chi connectivity index (χ1) is 7.11. The molecule has 1 heterocycles. The van der Waals surface area contributed by atoms with Gasteiger partial charge < -0.3 is 15.5 Å². The van der Waals surface area contributed by atoms with Gasteiger partial charge in [0.15, 0.2) is 0 Å². The summed E-state index contributed by atoms with van der Waals surface area (Å²) in [5, 5.41) is 20.8. The van der Waals surface area contributed by atoms with Crippen LogP contribution in [0.5, 0.6) is 0 Å². The van der Waals surface area contributed by atoms with E-state index in [0.717, 1.165) is 5.56 Å². The highest BCUT2D eigenvalue weighted by Gasteiger charge is 2.24. The molecule has 1 aliphatic heterocycles. The van der Waals surface area contributed by atoms with Crippen molar-refractivity contribution in [3.8, 4) is 0 Å². The first-order valence-corrected chi connectivity index (χ1v) is 4.43. The Hall–Kier alpha value is -1.88. The number of aromatic carboxylic acids is 2. The third-order valence-corrected chi connectivity index (χ3v) is 2.47. The molecule has 0 bridgehead atoms. The quantitative estimate of drug-likeness (QED) is 0.664. The van der Waals surface area contributed by atoms with E-state index in [9.17, 15) is 9.59 Å². The number of nitrogens with one attached hydrogen (secondary N) is 1. The molecule has 0 atom stereocenters. The van der Waals surface area contributed by atoms with E-state index >= 15 is 0 Å². The summed E-state index contributed by atoms with van der Waals surface area (Å²) in [5.41, 5.74) is 1.20. The topological polar surface area (TPSA) is 86.6 Å². The summed E-state index contributed by atoms with van der Waals surface area (Å²) in [4.78, 5) is 21.8. The third kappa shape index (κ3) is 1.46. The number of carboxylic acid groups (broad SMARTS) is 2. The molecule has 1 aliphatic rings. The van der Waals surface area contributed by atoms with Gasteiger partial charge in [0.1, 0.15) is 0 Å².